The summed E-state index contributed by atoms with van der Waals surface area (Å²) in [6, 6.07) is 7.52. The zero-order chi connectivity index (χ0) is 14.4. The molecule has 1 aromatic heterocycles. The molecule has 0 aliphatic rings. The van der Waals surface area contributed by atoms with Crippen LogP contribution in [0, 0.1) is 0 Å². The van der Waals surface area contributed by atoms with E-state index in [1.807, 2.05) is 24.3 Å². The zero-order valence-corrected chi connectivity index (χ0v) is 12.0. The molecule has 0 aliphatic carbocycles. The number of hydrogen-bond donors (Lipinski definition) is 1. The van der Waals surface area contributed by atoms with Crippen LogP contribution in [0.1, 0.15) is 12.5 Å². The van der Waals surface area contributed by atoms with E-state index in [0.717, 1.165) is 11.3 Å². The van der Waals surface area contributed by atoms with Gasteiger partial charge in [0.25, 0.3) is 5.91 Å². The van der Waals surface area contributed by atoms with Gasteiger partial charge in [0, 0.05) is 0 Å². The lowest BCUT2D eigenvalue weighted by Gasteiger charge is -2.12. The SMILES string of the molecule is COc1cccc(CO[C@@H](C)C(=O)Nc2nncs2)c1. The van der Waals surface area contributed by atoms with E-state index in [-0.39, 0.29) is 5.91 Å². The van der Waals surface area contributed by atoms with Gasteiger partial charge in [-0.2, -0.15) is 0 Å². The molecule has 2 aromatic rings. The molecule has 0 spiro atoms. The Morgan fingerprint density at radius 1 is 1.50 bits per heavy atom. The van der Waals surface area contributed by atoms with E-state index in [1.54, 1.807) is 19.5 Å². The number of carbonyl (C=O) groups excluding carboxylic acids is 1. The first-order chi connectivity index (χ1) is 9.69. The van der Waals surface area contributed by atoms with Crippen LogP contribution in [0.3, 0.4) is 0 Å². The Morgan fingerprint density at radius 2 is 2.35 bits per heavy atom. The van der Waals surface area contributed by atoms with Gasteiger partial charge >= 0.3 is 0 Å². The maximum Gasteiger partial charge on any atom is 0.255 e. The van der Waals surface area contributed by atoms with Crippen LogP contribution in [0.4, 0.5) is 5.13 Å². The molecular formula is C13H15N3O3S. The summed E-state index contributed by atoms with van der Waals surface area (Å²) >= 11 is 1.26. The normalized spacial score (nSPS) is 11.9. The maximum absolute atomic E-state index is 11.8. The van der Waals surface area contributed by atoms with Crippen molar-refractivity contribution in [3.8, 4) is 5.75 Å². The summed E-state index contributed by atoms with van der Waals surface area (Å²) in [6.07, 6.45) is -0.579. The van der Waals surface area contributed by atoms with Crippen molar-refractivity contribution in [1.82, 2.24) is 10.2 Å². The number of ether oxygens (including phenoxy) is 2. The number of nitrogens with zero attached hydrogens (tertiary/aromatic N) is 2. The fourth-order valence-corrected chi connectivity index (χ4v) is 1.94. The molecule has 0 saturated carbocycles. The van der Waals surface area contributed by atoms with Crippen molar-refractivity contribution in [2.75, 3.05) is 12.4 Å². The standard InChI is InChI=1S/C13H15N3O3S/c1-9(12(17)15-13-16-14-8-20-13)19-7-10-4-3-5-11(6-10)18-2/h3-6,8-9H,7H2,1-2H3,(H,15,16,17)/t9-/m0/s1. The van der Waals surface area contributed by atoms with Gasteiger partial charge in [-0.25, -0.2) is 0 Å². The van der Waals surface area contributed by atoms with Crippen molar-refractivity contribution in [3.63, 3.8) is 0 Å². The van der Waals surface area contributed by atoms with E-state index in [9.17, 15) is 4.79 Å². The molecule has 1 atom stereocenters. The van der Waals surface area contributed by atoms with E-state index < -0.39 is 6.10 Å². The number of nitrogens with one attached hydrogen (secondary N) is 1. The van der Waals surface area contributed by atoms with Gasteiger partial charge in [-0.3, -0.25) is 10.1 Å². The van der Waals surface area contributed by atoms with E-state index in [2.05, 4.69) is 15.5 Å². The van der Waals surface area contributed by atoms with E-state index in [4.69, 9.17) is 9.47 Å². The Hall–Kier alpha value is -1.99. The quantitative estimate of drug-likeness (QED) is 0.883. The first-order valence-corrected chi connectivity index (χ1v) is 6.88. The molecule has 2 rings (SSSR count). The smallest absolute Gasteiger partial charge is 0.255 e. The number of benzene rings is 1. The number of aromatic nitrogens is 2. The summed E-state index contributed by atoms with van der Waals surface area (Å²) in [4.78, 5) is 11.8. The predicted molar refractivity (Wildman–Crippen MR) is 75.8 cm³/mol. The summed E-state index contributed by atoms with van der Waals surface area (Å²) in [5.41, 5.74) is 2.50. The number of amides is 1. The second kappa shape index (κ2) is 6.97. The average Bonchev–Trinajstić information content (AvgIpc) is 2.97. The van der Waals surface area contributed by atoms with Crippen LogP contribution in [0.15, 0.2) is 29.8 Å². The van der Waals surface area contributed by atoms with Crippen LogP contribution < -0.4 is 10.1 Å². The molecular weight excluding hydrogens is 278 g/mol. The van der Waals surface area contributed by atoms with Crippen molar-refractivity contribution < 1.29 is 14.3 Å². The minimum Gasteiger partial charge on any atom is -0.497 e. The average molecular weight is 293 g/mol. The van der Waals surface area contributed by atoms with Crippen LogP contribution in [-0.2, 0) is 16.1 Å². The highest BCUT2D eigenvalue weighted by Gasteiger charge is 2.15. The molecule has 0 radical (unpaired) electrons. The van der Waals surface area contributed by atoms with Crippen LogP contribution >= 0.6 is 11.3 Å². The topological polar surface area (TPSA) is 73.3 Å². The number of rotatable bonds is 6. The van der Waals surface area contributed by atoms with E-state index >= 15 is 0 Å². The van der Waals surface area contributed by atoms with Crippen molar-refractivity contribution in [3.05, 3.63) is 35.3 Å². The number of anilines is 1. The molecule has 0 fully saturated rings. The Balaban J connectivity index is 1.84. The summed E-state index contributed by atoms with van der Waals surface area (Å²) in [5, 5.41) is 10.5. The first-order valence-electron chi connectivity index (χ1n) is 6.00. The molecule has 0 aliphatic heterocycles. The summed E-state index contributed by atoms with van der Waals surface area (Å²) in [5.74, 6) is 0.515. The largest absolute Gasteiger partial charge is 0.497 e. The predicted octanol–water partition coefficient (Wildman–Crippen LogP) is 2.09. The summed E-state index contributed by atoms with van der Waals surface area (Å²) in [6.45, 7) is 2.03. The lowest BCUT2D eigenvalue weighted by Crippen LogP contribution is -2.27. The molecule has 7 heteroatoms. The van der Waals surface area contributed by atoms with E-state index in [0.29, 0.717) is 11.7 Å². The van der Waals surface area contributed by atoms with Crippen molar-refractivity contribution in [1.29, 1.82) is 0 Å². The molecule has 1 heterocycles. The molecule has 1 aromatic carbocycles. The van der Waals surface area contributed by atoms with Crippen LogP contribution in [0.25, 0.3) is 0 Å². The first kappa shape index (κ1) is 14.4. The molecule has 1 amide bonds. The Labute approximate surface area is 120 Å². The molecule has 106 valence electrons. The minimum atomic E-state index is -0.579. The Morgan fingerprint density at radius 3 is 3.05 bits per heavy atom. The zero-order valence-electron chi connectivity index (χ0n) is 11.2. The highest BCUT2D eigenvalue weighted by Crippen LogP contribution is 2.14. The van der Waals surface area contributed by atoms with Crippen LogP contribution in [0.5, 0.6) is 5.75 Å². The summed E-state index contributed by atoms with van der Waals surface area (Å²) in [7, 11) is 1.61. The van der Waals surface area contributed by atoms with E-state index in [1.165, 1.54) is 11.3 Å². The minimum absolute atomic E-state index is 0.246. The van der Waals surface area contributed by atoms with Crippen molar-refractivity contribution in [2.24, 2.45) is 0 Å². The molecule has 0 unspecified atom stereocenters. The third-order valence-corrected chi connectivity index (χ3v) is 3.20. The molecule has 6 nitrogen and oxygen atoms in total. The maximum atomic E-state index is 11.8. The van der Waals surface area contributed by atoms with Gasteiger partial charge < -0.3 is 9.47 Å². The monoisotopic (exact) mass is 293 g/mol. The highest BCUT2D eigenvalue weighted by atomic mass is 32.1. The molecule has 0 bridgehead atoms. The van der Waals surface area contributed by atoms with Gasteiger partial charge in [0.15, 0.2) is 0 Å². The Bertz CT molecular complexity index is 560. The highest BCUT2D eigenvalue weighted by molar-refractivity contribution is 7.13. The van der Waals surface area contributed by atoms with Crippen molar-refractivity contribution >= 4 is 22.4 Å². The summed E-state index contributed by atoms with van der Waals surface area (Å²) < 4.78 is 10.7. The fraction of sp³-hybridized carbons (Fsp3) is 0.308. The van der Waals surface area contributed by atoms with Crippen LogP contribution in [-0.4, -0.2) is 29.3 Å². The van der Waals surface area contributed by atoms with Gasteiger partial charge in [-0.1, -0.05) is 23.5 Å². The fourth-order valence-electron chi connectivity index (χ4n) is 1.49. The molecule has 1 N–H and O–H groups in total. The van der Waals surface area contributed by atoms with Gasteiger partial charge in [0.2, 0.25) is 5.13 Å². The number of hydrogen-bond acceptors (Lipinski definition) is 6. The number of carbonyl (C=O) groups is 1. The van der Waals surface area contributed by atoms with Gasteiger partial charge in [-0.15, -0.1) is 10.2 Å². The number of methoxy groups -OCH3 is 1. The molecule has 20 heavy (non-hydrogen) atoms. The van der Waals surface area contributed by atoms with Gasteiger partial charge in [0.05, 0.1) is 13.7 Å². The molecule has 0 saturated heterocycles. The second-order valence-electron chi connectivity index (χ2n) is 4.04. The van der Waals surface area contributed by atoms with Crippen LogP contribution in [0.2, 0.25) is 0 Å². The van der Waals surface area contributed by atoms with Crippen molar-refractivity contribution in [2.45, 2.75) is 19.6 Å². The van der Waals surface area contributed by atoms with Gasteiger partial charge in [0.1, 0.15) is 17.4 Å². The van der Waals surface area contributed by atoms with Gasteiger partial charge in [-0.05, 0) is 24.6 Å². The lowest BCUT2D eigenvalue weighted by molar-refractivity contribution is -0.127. The second-order valence-corrected chi connectivity index (χ2v) is 4.87. The third-order valence-electron chi connectivity index (χ3n) is 2.59. The lowest BCUT2D eigenvalue weighted by atomic mass is 10.2. The third kappa shape index (κ3) is 4.01. The Kier molecular flexibility index (Phi) is 5.03.